The Labute approximate surface area is 156 Å². The number of hydrogen-bond acceptors (Lipinski definition) is 4. The number of aromatic nitrogens is 2. The maximum Gasteiger partial charge on any atom is 0.247 e. The predicted octanol–water partition coefficient (Wildman–Crippen LogP) is 5.38. The van der Waals surface area contributed by atoms with Crippen LogP contribution in [0.25, 0.3) is 11.5 Å². The Kier molecular flexibility index (Phi) is 5.35. The Hall–Kier alpha value is -1.98. The highest BCUT2D eigenvalue weighted by Gasteiger charge is 2.26. The van der Waals surface area contributed by atoms with Gasteiger partial charge in [0.1, 0.15) is 0 Å². The fourth-order valence-corrected chi connectivity index (χ4v) is 3.22. The molecule has 1 unspecified atom stereocenters. The highest BCUT2D eigenvalue weighted by atomic mass is 79.9. The fraction of sp³-hybridized carbons (Fsp3) is 0.300. The molecule has 1 atom stereocenters. The van der Waals surface area contributed by atoms with Crippen LogP contribution in [0.15, 0.2) is 63.5 Å². The standard InChI is InChI=1S/C20H22BrN3O/c1-20(2,3)18(14-8-5-4-6-9-14)22-13-17-23-24-19(25-17)15-10-7-11-16(21)12-15/h4-12,18,22H,13H2,1-3H3. The van der Waals surface area contributed by atoms with Gasteiger partial charge in [-0.2, -0.15) is 0 Å². The van der Waals surface area contributed by atoms with E-state index in [-0.39, 0.29) is 11.5 Å². The molecule has 4 nitrogen and oxygen atoms in total. The van der Waals surface area contributed by atoms with E-state index in [1.807, 2.05) is 30.3 Å². The average molecular weight is 400 g/mol. The van der Waals surface area contributed by atoms with Crippen LogP contribution >= 0.6 is 15.9 Å². The van der Waals surface area contributed by atoms with E-state index in [0.717, 1.165) is 10.0 Å². The summed E-state index contributed by atoms with van der Waals surface area (Å²) in [5, 5.41) is 11.9. The summed E-state index contributed by atoms with van der Waals surface area (Å²) in [7, 11) is 0. The summed E-state index contributed by atoms with van der Waals surface area (Å²) in [5.41, 5.74) is 2.22. The van der Waals surface area contributed by atoms with Gasteiger partial charge in [-0.25, -0.2) is 0 Å². The van der Waals surface area contributed by atoms with Gasteiger partial charge >= 0.3 is 0 Å². The largest absolute Gasteiger partial charge is 0.419 e. The first-order valence-electron chi connectivity index (χ1n) is 8.30. The maximum absolute atomic E-state index is 5.82. The van der Waals surface area contributed by atoms with Crippen molar-refractivity contribution in [3.8, 4) is 11.5 Å². The van der Waals surface area contributed by atoms with Gasteiger partial charge in [-0.3, -0.25) is 0 Å². The minimum absolute atomic E-state index is 0.0640. The molecule has 5 heteroatoms. The van der Waals surface area contributed by atoms with E-state index in [2.05, 4.69) is 76.5 Å². The summed E-state index contributed by atoms with van der Waals surface area (Å²) in [6, 6.07) is 18.5. The lowest BCUT2D eigenvalue weighted by molar-refractivity contribution is 0.263. The summed E-state index contributed by atoms with van der Waals surface area (Å²) in [5.74, 6) is 1.12. The Bertz CT molecular complexity index is 824. The van der Waals surface area contributed by atoms with Crippen LogP contribution in [0, 0.1) is 5.41 Å². The van der Waals surface area contributed by atoms with E-state index in [1.54, 1.807) is 0 Å². The van der Waals surface area contributed by atoms with Crippen molar-refractivity contribution in [2.45, 2.75) is 33.4 Å². The van der Waals surface area contributed by atoms with E-state index >= 15 is 0 Å². The molecule has 0 bridgehead atoms. The molecule has 1 heterocycles. The third-order valence-corrected chi connectivity index (χ3v) is 4.49. The van der Waals surface area contributed by atoms with E-state index in [4.69, 9.17) is 4.42 Å². The molecule has 1 N–H and O–H groups in total. The summed E-state index contributed by atoms with van der Waals surface area (Å²) >= 11 is 3.46. The van der Waals surface area contributed by atoms with E-state index < -0.39 is 0 Å². The molecule has 2 aromatic carbocycles. The minimum Gasteiger partial charge on any atom is -0.419 e. The molecular formula is C20H22BrN3O. The Balaban J connectivity index is 1.74. The first-order chi connectivity index (χ1) is 11.9. The molecule has 1 aromatic heterocycles. The monoisotopic (exact) mass is 399 g/mol. The van der Waals surface area contributed by atoms with Crippen molar-refractivity contribution in [3.05, 3.63) is 70.5 Å². The molecule has 130 valence electrons. The van der Waals surface area contributed by atoms with Crippen LogP contribution < -0.4 is 5.32 Å². The lowest BCUT2D eigenvalue weighted by Crippen LogP contribution is -2.32. The zero-order chi connectivity index (χ0) is 17.9. The van der Waals surface area contributed by atoms with Crippen LogP contribution in [0.5, 0.6) is 0 Å². The summed E-state index contributed by atoms with van der Waals surface area (Å²) in [6.07, 6.45) is 0. The number of benzene rings is 2. The van der Waals surface area contributed by atoms with Crippen molar-refractivity contribution in [2.75, 3.05) is 0 Å². The van der Waals surface area contributed by atoms with Gasteiger partial charge in [0.2, 0.25) is 11.8 Å². The Morgan fingerprint density at radius 2 is 1.80 bits per heavy atom. The van der Waals surface area contributed by atoms with Crippen LogP contribution in [0.1, 0.15) is 38.3 Å². The fourth-order valence-electron chi connectivity index (χ4n) is 2.82. The van der Waals surface area contributed by atoms with Gasteiger partial charge in [0.05, 0.1) is 6.54 Å². The molecule has 0 radical (unpaired) electrons. The molecule has 3 aromatic rings. The quantitative estimate of drug-likeness (QED) is 0.625. The summed E-state index contributed by atoms with van der Waals surface area (Å²) < 4.78 is 6.80. The van der Waals surface area contributed by atoms with Crippen molar-refractivity contribution in [1.29, 1.82) is 0 Å². The highest BCUT2D eigenvalue weighted by Crippen LogP contribution is 2.33. The van der Waals surface area contributed by atoms with Crippen LogP contribution in [0.3, 0.4) is 0 Å². The van der Waals surface area contributed by atoms with Crippen LogP contribution in [0.4, 0.5) is 0 Å². The molecule has 25 heavy (non-hydrogen) atoms. The average Bonchev–Trinajstić information content (AvgIpc) is 3.04. The molecule has 0 saturated carbocycles. The molecule has 0 amide bonds. The molecule has 0 aliphatic heterocycles. The van der Waals surface area contributed by atoms with Crippen LogP contribution in [-0.4, -0.2) is 10.2 Å². The lowest BCUT2D eigenvalue weighted by atomic mass is 9.82. The van der Waals surface area contributed by atoms with Crippen molar-refractivity contribution >= 4 is 15.9 Å². The predicted molar refractivity (Wildman–Crippen MR) is 103 cm³/mol. The third-order valence-electron chi connectivity index (χ3n) is 3.99. The van der Waals surface area contributed by atoms with Crippen molar-refractivity contribution in [2.24, 2.45) is 5.41 Å². The van der Waals surface area contributed by atoms with Crippen molar-refractivity contribution in [3.63, 3.8) is 0 Å². The highest BCUT2D eigenvalue weighted by molar-refractivity contribution is 9.10. The molecular weight excluding hydrogens is 378 g/mol. The molecule has 0 saturated heterocycles. The van der Waals surface area contributed by atoms with Gasteiger partial charge in [-0.15, -0.1) is 10.2 Å². The Morgan fingerprint density at radius 1 is 1.04 bits per heavy atom. The van der Waals surface area contributed by atoms with Crippen molar-refractivity contribution in [1.82, 2.24) is 15.5 Å². The van der Waals surface area contributed by atoms with Crippen LogP contribution in [-0.2, 0) is 6.54 Å². The second-order valence-electron chi connectivity index (χ2n) is 7.10. The number of nitrogens with one attached hydrogen (secondary N) is 1. The molecule has 0 aliphatic carbocycles. The van der Waals surface area contributed by atoms with E-state index in [1.165, 1.54) is 5.56 Å². The minimum atomic E-state index is 0.0640. The molecule has 3 rings (SSSR count). The smallest absolute Gasteiger partial charge is 0.247 e. The lowest BCUT2D eigenvalue weighted by Gasteiger charge is -2.31. The zero-order valence-electron chi connectivity index (χ0n) is 14.7. The Morgan fingerprint density at radius 3 is 2.48 bits per heavy atom. The molecule has 0 aliphatic rings. The number of hydrogen-bond donors (Lipinski definition) is 1. The molecule has 0 fully saturated rings. The van der Waals surface area contributed by atoms with Gasteiger partial charge < -0.3 is 9.73 Å². The van der Waals surface area contributed by atoms with Gasteiger partial charge in [0.25, 0.3) is 0 Å². The van der Waals surface area contributed by atoms with Gasteiger partial charge in [-0.1, -0.05) is 73.1 Å². The second-order valence-corrected chi connectivity index (χ2v) is 8.02. The second kappa shape index (κ2) is 7.50. The molecule has 0 spiro atoms. The van der Waals surface area contributed by atoms with Gasteiger partial charge in [0, 0.05) is 16.1 Å². The van der Waals surface area contributed by atoms with Gasteiger partial charge in [-0.05, 0) is 29.2 Å². The third kappa shape index (κ3) is 4.55. The van der Waals surface area contributed by atoms with E-state index in [0.29, 0.717) is 18.3 Å². The van der Waals surface area contributed by atoms with Crippen LogP contribution in [0.2, 0.25) is 0 Å². The zero-order valence-corrected chi connectivity index (χ0v) is 16.2. The van der Waals surface area contributed by atoms with Crippen molar-refractivity contribution < 1.29 is 4.42 Å². The summed E-state index contributed by atoms with van der Waals surface area (Å²) in [6.45, 7) is 7.19. The SMILES string of the molecule is CC(C)(C)C(NCc1nnc(-c2cccc(Br)c2)o1)c1ccccc1. The first-order valence-corrected chi connectivity index (χ1v) is 9.09. The number of halogens is 1. The summed E-state index contributed by atoms with van der Waals surface area (Å²) in [4.78, 5) is 0. The maximum atomic E-state index is 5.82. The van der Waals surface area contributed by atoms with E-state index in [9.17, 15) is 0 Å². The van der Waals surface area contributed by atoms with Gasteiger partial charge in [0.15, 0.2) is 0 Å². The number of nitrogens with zero attached hydrogens (tertiary/aromatic N) is 2. The normalized spacial score (nSPS) is 13.0. The number of rotatable bonds is 5. The topological polar surface area (TPSA) is 51.0 Å². The first kappa shape index (κ1) is 17.8.